The van der Waals surface area contributed by atoms with E-state index in [4.69, 9.17) is 4.74 Å². The zero-order chi connectivity index (χ0) is 12.4. The van der Waals surface area contributed by atoms with Gasteiger partial charge in [0.15, 0.2) is 5.82 Å². The molecule has 0 aromatic heterocycles. The summed E-state index contributed by atoms with van der Waals surface area (Å²) in [6, 6.07) is 2.71. The Morgan fingerprint density at radius 1 is 1.35 bits per heavy atom. The van der Waals surface area contributed by atoms with Gasteiger partial charge in [0.25, 0.3) is 0 Å². The lowest BCUT2D eigenvalue weighted by atomic mass is 10.1. The molecule has 1 aliphatic rings. The Morgan fingerprint density at radius 3 is 2.76 bits per heavy atom. The highest BCUT2D eigenvalue weighted by Crippen LogP contribution is 2.24. The first-order valence-corrected chi connectivity index (χ1v) is 5.92. The zero-order valence-corrected chi connectivity index (χ0v) is 10.1. The monoisotopic (exact) mass is 241 g/mol. The van der Waals surface area contributed by atoms with Gasteiger partial charge in [-0.3, -0.25) is 0 Å². The summed E-state index contributed by atoms with van der Waals surface area (Å²) in [6.45, 7) is 4.07. The first kappa shape index (κ1) is 12.3. The molecule has 4 heteroatoms. The average molecular weight is 241 g/mol. The fraction of sp³-hybridized carbons (Fsp3) is 0.538. The zero-order valence-electron chi connectivity index (χ0n) is 10.1. The molecule has 0 bridgehead atoms. The molecule has 94 valence electrons. The van der Waals surface area contributed by atoms with Gasteiger partial charge in [0.1, 0.15) is 11.5 Å². The Morgan fingerprint density at radius 2 is 2.12 bits per heavy atom. The lowest BCUT2D eigenvalue weighted by Crippen LogP contribution is -2.21. The number of ether oxygens (including phenoxy) is 1. The third-order valence-electron chi connectivity index (χ3n) is 3.11. The molecule has 1 aromatic carbocycles. The van der Waals surface area contributed by atoms with Gasteiger partial charge in [-0.25, -0.2) is 8.78 Å². The van der Waals surface area contributed by atoms with Gasteiger partial charge in [-0.15, -0.1) is 0 Å². The summed E-state index contributed by atoms with van der Waals surface area (Å²) in [5, 5.41) is 2.81. The topological polar surface area (TPSA) is 21.3 Å². The SMILES string of the molecule is Cc1ccc(F)c(NCC2CCC(C)O2)c1F. The largest absolute Gasteiger partial charge is 0.378 e. The molecule has 0 spiro atoms. The molecular weight excluding hydrogens is 224 g/mol. The lowest BCUT2D eigenvalue weighted by molar-refractivity contribution is 0.0636. The van der Waals surface area contributed by atoms with E-state index >= 15 is 0 Å². The Kier molecular flexibility index (Phi) is 3.62. The van der Waals surface area contributed by atoms with E-state index in [9.17, 15) is 8.78 Å². The molecule has 1 N–H and O–H groups in total. The molecule has 0 aliphatic carbocycles. The van der Waals surface area contributed by atoms with Gasteiger partial charge >= 0.3 is 0 Å². The van der Waals surface area contributed by atoms with Crippen molar-refractivity contribution in [2.24, 2.45) is 0 Å². The smallest absolute Gasteiger partial charge is 0.152 e. The molecule has 1 heterocycles. The maximum atomic E-state index is 13.7. The molecule has 17 heavy (non-hydrogen) atoms. The number of benzene rings is 1. The molecule has 2 atom stereocenters. The Labute approximate surface area is 100.0 Å². The normalized spacial score (nSPS) is 24.0. The van der Waals surface area contributed by atoms with Gasteiger partial charge in [-0.05, 0) is 38.3 Å². The summed E-state index contributed by atoms with van der Waals surface area (Å²) in [6.07, 6.45) is 2.23. The standard InChI is InChI=1S/C13H17F2NO/c1-8-3-6-11(14)13(12(8)15)16-7-10-5-4-9(2)17-10/h3,6,9-10,16H,4-5,7H2,1-2H3. The maximum absolute atomic E-state index is 13.7. The summed E-state index contributed by atoms with van der Waals surface area (Å²) in [7, 11) is 0. The van der Waals surface area contributed by atoms with Crippen LogP contribution < -0.4 is 5.32 Å². The summed E-state index contributed by atoms with van der Waals surface area (Å²) in [5.74, 6) is -1.07. The summed E-state index contributed by atoms with van der Waals surface area (Å²) in [5.41, 5.74) is 0.391. The van der Waals surface area contributed by atoms with E-state index in [0.29, 0.717) is 12.1 Å². The van der Waals surface area contributed by atoms with Crippen LogP contribution in [-0.2, 0) is 4.74 Å². The first-order valence-electron chi connectivity index (χ1n) is 5.92. The minimum Gasteiger partial charge on any atom is -0.378 e. The van der Waals surface area contributed by atoms with Crippen LogP contribution in [0.15, 0.2) is 12.1 Å². The fourth-order valence-electron chi connectivity index (χ4n) is 2.07. The molecule has 0 saturated carbocycles. The van der Waals surface area contributed by atoms with Crippen molar-refractivity contribution in [2.75, 3.05) is 11.9 Å². The Balaban J connectivity index is 2.01. The summed E-state index contributed by atoms with van der Waals surface area (Å²) < 4.78 is 32.7. The second kappa shape index (κ2) is 5.00. The van der Waals surface area contributed by atoms with Crippen molar-refractivity contribution in [3.8, 4) is 0 Å². The number of rotatable bonds is 3. The second-order valence-corrected chi connectivity index (χ2v) is 4.58. The van der Waals surface area contributed by atoms with Crippen LogP contribution in [0.25, 0.3) is 0 Å². The predicted molar refractivity (Wildman–Crippen MR) is 63.2 cm³/mol. The van der Waals surface area contributed by atoms with E-state index in [2.05, 4.69) is 5.32 Å². The van der Waals surface area contributed by atoms with Gasteiger partial charge in [0.2, 0.25) is 0 Å². The second-order valence-electron chi connectivity index (χ2n) is 4.58. The highest BCUT2D eigenvalue weighted by atomic mass is 19.1. The van der Waals surface area contributed by atoms with Crippen LogP contribution in [0.4, 0.5) is 14.5 Å². The molecule has 1 fully saturated rings. The van der Waals surface area contributed by atoms with Crippen LogP contribution in [0.5, 0.6) is 0 Å². The summed E-state index contributed by atoms with van der Waals surface area (Å²) in [4.78, 5) is 0. The van der Waals surface area contributed by atoms with Gasteiger partial charge < -0.3 is 10.1 Å². The van der Waals surface area contributed by atoms with E-state index < -0.39 is 11.6 Å². The molecule has 2 unspecified atom stereocenters. The van der Waals surface area contributed by atoms with E-state index in [1.807, 2.05) is 6.92 Å². The molecule has 2 rings (SSSR count). The van der Waals surface area contributed by atoms with Gasteiger partial charge in [-0.1, -0.05) is 6.07 Å². The van der Waals surface area contributed by atoms with Crippen LogP contribution >= 0.6 is 0 Å². The number of hydrogen-bond donors (Lipinski definition) is 1. The van der Waals surface area contributed by atoms with Crippen LogP contribution in [0.2, 0.25) is 0 Å². The minimum absolute atomic E-state index is 0.0457. The fourth-order valence-corrected chi connectivity index (χ4v) is 2.07. The van der Waals surface area contributed by atoms with Crippen LogP contribution in [0.1, 0.15) is 25.3 Å². The van der Waals surface area contributed by atoms with E-state index in [1.165, 1.54) is 12.1 Å². The maximum Gasteiger partial charge on any atom is 0.152 e. The van der Waals surface area contributed by atoms with Crippen molar-refractivity contribution in [3.05, 3.63) is 29.3 Å². The van der Waals surface area contributed by atoms with Crippen molar-refractivity contribution >= 4 is 5.69 Å². The number of hydrogen-bond acceptors (Lipinski definition) is 2. The van der Waals surface area contributed by atoms with Gasteiger partial charge in [0.05, 0.1) is 12.2 Å². The predicted octanol–water partition coefficient (Wildman–Crippen LogP) is 3.25. The highest BCUT2D eigenvalue weighted by Gasteiger charge is 2.22. The molecule has 0 amide bonds. The van der Waals surface area contributed by atoms with E-state index in [0.717, 1.165) is 12.8 Å². The Bertz CT molecular complexity index is 409. The molecule has 1 aliphatic heterocycles. The molecule has 2 nitrogen and oxygen atoms in total. The highest BCUT2D eigenvalue weighted by molar-refractivity contribution is 5.49. The number of nitrogens with one attached hydrogen (secondary N) is 1. The third-order valence-corrected chi connectivity index (χ3v) is 3.11. The van der Waals surface area contributed by atoms with Crippen molar-refractivity contribution in [1.82, 2.24) is 0 Å². The van der Waals surface area contributed by atoms with Crippen LogP contribution in [0, 0.1) is 18.6 Å². The van der Waals surface area contributed by atoms with E-state index in [-0.39, 0.29) is 17.9 Å². The summed E-state index contributed by atoms with van der Waals surface area (Å²) >= 11 is 0. The van der Waals surface area contributed by atoms with Crippen molar-refractivity contribution in [2.45, 2.75) is 38.9 Å². The molecule has 1 saturated heterocycles. The third kappa shape index (κ3) is 2.75. The van der Waals surface area contributed by atoms with Crippen molar-refractivity contribution in [3.63, 3.8) is 0 Å². The van der Waals surface area contributed by atoms with Crippen LogP contribution in [0.3, 0.4) is 0 Å². The molecule has 1 aromatic rings. The van der Waals surface area contributed by atoms with Gasteiger partial charge in [0, 0.05) is 6.54 Å². The molecule has 0 radical (unpaired) electrons. The van der Waals surface area contributed by atoms with Crippen LogP contribution in [-0.4, -0.2) is 18.8 Å². The Hall–Kier alpha value is -1.16. The minimum atomic E-state index is -0.556. The number of aryl methyl sites for hydroxylation is 1. The number of anilines is 1. The van der Waals surface area contributed by atoms with Crippen molar-refractivity contribution < 1.29 is 13.5 Å². The first-order chi connectivity index (χ1) is 8.08. The average Bonchev–Trinajstić information content (AvgIpc) is 2.70. The van der Waals surface area contributed by atoms with E-state index in [1.54, 1.807) is 6.92 Å². The molecular formula is C13H17F2NO. The quantitative estimate of drug-likeness (QED) is 0.877. The lowest BCUT2D eigenvalue weighted by Gasteiger charge is -2.14. The van der Waals surface area contributed by atoms with Gasteiger partial charge in [-0.2, -0.15) is 0 Å². The van der Waals surface area contributed by atoms with Crippen molar-refractivity contribution in [1.29, 1.82) is 0 Å². The number of halogens is 2.